The van der Waals surface area contributed by atoms with Gasteiger partial charge < -0.3 is 25.2 Å². The summed E-state index contributed by atoms with van der Waals surface area (Å²) in [6.07, 6.45) is -5.93. The zero-order chi connectivity index (χ0) is 9.30. The molecule has 0 aromatic heterocycles. The predicted molar refractivity (Wildman–Crippen MR) is 35.0 cm³/mol. The standard InChI is InChI=1S/C6H10O6/c7-1-2-3(8)4(9)5(10)6(11)12-2/h2-5,7-10H,1H2/t2-,3-,4-,5-/m0/s1. The summed E-state index contributed by atoms with van der Waals surface area (Å²) in [4.78, 5) is 10.7. The van der Waals surface area contributed by atoms with E-state index in [4.69, 9.17) is 20.4 Å². The Morgan fingerprint density at radius 3 is 2.33 bits per heavy atom. The quantitative estimate of drug-likeness (QED) is 0.318. The van der Waals surface area contributed by atoms with Gasteiger partial charge in [-0.1, -0.05) is 0 Å². The summed E-state index contributed by atoms with van der Waals surface area (Å²) < 4.78 is 4.38. The van der Waals surface area contributed by atoms with Gasteiger partial charge in [0.2, 0.25) is 0 Å². The molecule has 0 unspecified atom stereocenters. The SMILES string of the molecule is O=C1O[C@@H](CO)[C@H](O)[C@H](O)[C@@H]1O. The first-order valence-corrected chi connectivity index (χ1v) is 3.43. The maximum Gasteiger partial charge on any atom is 0.338 e. The van der Waals surface area contributed by atoms with Gasteiger partial charge in [-0.25, -0.2) is 4.79 Å². The van der Waals surface area contributed by atoms with E-state index in [0.717, 1.165) is 0 Å². The number of hydrogen-bond donors (Lipinski definition) is 4. The van der Waals surface area contributed by atoms with Gasteiger partial charge in [-0.3, -0.25) is 0 Å². The van der Waals surface area contributed by atoms with E-state index >= 15 is 0 Å². The third-order valence-corrected chi connectivity index (χ3v) is 1.74. The Morgan fingerprint density at radius 1 is 1.25 bits per heavy atom. The molecular weight excluding hydrogens is 168 g/mol. The molecule has 0 aliphatic carbocycles. The van der Waals surface area contributed by atoms with Crippen molar-refractivity contribution in [3.8, 4) is 0 Å². The van der Waals surface area contributed by atoms with Crippen LogP contribution in [0.2, 0.25) is 0 Å². The summed E-state index contributed by atoms with van der Waals surface area (Å²) in [5, 5.41) is 35.5. The summed E-state index contributed by atoms with van der Waals surface area (Å²) in [7, 11) is 0. The smallest absolute Gasteiger partial charge is 0.338 e. The van der Waals surface area contributed by atoms with E-state index in [-0.39, 0.29) is 0 Å². The third-order valence-electron chi connectivity index (χ3n) is 1.74. The molecule has 4 atom stereocenters. The second-order valence-corrected chi connectivity index (χ2v) is 2.58. The average Bonchev–Trinajstić information content (AvgIpc) is 2.08. The van der Waals surface area contributed by atoms with Crippen LogP contribution in [0.25, 0.3) is 0 Å². The van der Waals surface area contributed by atoms with E-state index in [0.29, 0.717) is 0 Å². The summed E-state index contributed by atoms with van der Waals surface area (Å²) >= 11 is 0. The van der Waals surface area contributed by atoms with Crippen molar-refractivity contribution in [2.45, 2.75) is 24.4 Å². The number of aliphatic hydroxyl groups excluding tert-OH is 4. The van der Waals surface area contributed by atoms with E-state index in [2.05, 4.69) is 4.74 Å². The number of carbonyl (C=O) groups excluding carboxylic acids is 1. The lowest BCUT2D eigenvalue weighted by Gasteiger charge is -2.32. The number of rotatable bonds is 1. The van der Waals surface area contributed by atoms with E-state index in [1.165, 1.54) is 0 Å². The highest BCUT2D eigenvalue weighted by Crippen LogP contribution is 2.15. The molecule has 6 nitrogen and oxygen atoms in total. The third kappa shape index (κ3) is 1.42. The molecule has 0 saturated carbocycles. The molecule has 1 rings (SSSR count). The zero-order valence-electron chi connectivity index (χ0n) is 6.12. The van der Waals surface area contributed by atoms with Crippen LogP contribution in [0.4, 0.5) is 0 Å². The molecule has 0 bridgehead atoms. The molecule has 0 aromatic carbocycles. The minimum absolute atomic E-state index is 0.587. The van der Waals surface area contributed by atoms with Crippen LogP contribution < -0.4 is 0 Å². The minimum Gasteiger partial charge on any atom is -0.455 e. The van der Waals surface area contributed by atoms with Crippen molar-refractivity contribution in [2.24, 2.45) is 0 Å². The van der Waals surface area contributed by atoms with E-state index in [1.807, 2.05) is 0 Å². The van der Waals surface area contributed by atoms with Crippen LogP contribution >= 0.6 is 0 Å². The van der Waals surface area contributed by atoms with Gasteiger partial charge >= 0.3 is 5.97 Å². The molecular formula is C6H10O6. The highest BCUT2D eigenvalue weighted by molar-refractivity contribution is 5.76. The van der Waals surface area contributed by atoms with Gasteiger partial charge in [0.15, 0.2) is 12.2 Å². The Morgan fingerprint density at radius 2 is 1.83 bits per heavy atom. The van der Waals surface area contributed by atoms with E-state index < -0.39 is 37.0 Å². The Kier molecular flexibility index (Phi) is 2.63. The molecule has 1 aliphatic heterocycles. The fourth-order valence-electron chi connectivity index (χ4n) is 0.980. The molecule has 12 heavy (non-hydrogen) atoms. The van der Waals surface area contributed by atoms with Crippen molar-refractivity contribution in [1.29, 1.82) is 0 Å². The lowest BCUT2D eigenvalue weighted by Crippen LogP contribution is -2.56. The number of esters is 1. The zero-order valence-corrected chi connectivity index (χ0v) is 6.12. The number of hydrogen-bond acceptors (Lipinski definition) is 6. The normalized spacial score (nSPS) is 42.5. The van der Waals surface area contributed by atoms with Crippen LogP contribution in [0.5, 0.6) is 0 Å². The molecule has 6 heteroatoms. The highest BCUT2D eigenvalue weighted by Gasteiger charge is 2.43. The van der Waals surface area contributed by atoms with Crippen molar-refractivity contribution in [3.05, 3.63) is 0 Å². The second kappa shape index (κ2) is 3.36. The van der Waals surface area contributed by atoms with Gasteiger partial charge in [0.05, 0.1) is 6.61 Å². The number of ether oxygens (including phenoxy) is 1. The lowest BCUT2D eigenvalue weighted by molar-refractivity contribution is -0.206. The molecule has 0 aromatic rings. The fraction of sp³-hybridized carbons (Fsp3) is 0.833. The lowest BCUT2D eigenvalue weighted by atomic mass is 10.0. The first kappa shape index (κ1) is 9.40. The molecule has 1 aliphatic rings. The van der Waals surface area contributed by atoms with Crippen LogP contribution in [-0.4, -0.2) is 57.4 Å². The van der Waals surface area contributed by atoms with Crippen molar-refractivity contribution in [1.82, 2.24) is 0 Å². The molecule has 0 radical (unpaired) electrons. The van der Waals surface area contributed by atoms with Crippen LogP contribution in [0, 0.1) is 0 Å². The largest absolute Gasteiger partial charge is 0.455 e. The van der Waals surface area contributed by atoms with Crippen molar-refractivity contribution in [2.75, 3.05) is 6.61 Å². The van der Waals surface area contributed by atoms with Crippen LogP contribution in [-0.2, 0) is 9.53 Å². The number of cyclic esters (lactones) is 1. The average molecular weight is 178 g/mol. The number of aliphatic hydroxyl groups is 4. The predicted octanol–water partition coefficient (Wildman–Crippen LogP) is -3.01. The maximum absolute atomic E-state index is 10.7. The molecule has 0 spiro atoms. The van der Waals surface area contributed by atoms with Crippen LogP contribution in [0.1, 0.15) is 0 Å². The molecule has 1 saturated heterocycles. The first-order chi connectivity index (χ1) is 5.57. The fourth-order valence-corrected chi connectivity index (χ4v) is 0.980. The minimum atomic E-state index is -1.73. The van der Waals surface area contributed by atoms with E-state index in [1.54, 1.807) is 0 Å². The van der Waals surface area contributed by atoms with Crippen LogP contribution in [0.3, 0.4) is 0 Å². The number of carbonyl (C=O) groups is 1. The van der Waals surface area contributed by atoms with Crippen molar-refractivity contribution < 1.29 is 30.0 Å². The van der Waals surface area contributed by atoms with Crippen LogP contribution in [0.15, 0.2) is 0 Å². The van der Waals surface area contributed by atoms with Gasteiger partial charge in [-0.05, 0) is 0 Å². The summed E-state index contributed by atoms with van der Waals surface area (Å²) in [5.41, 5.74) is 0. The summed E-state index contributed by atoms with van der Waals surface area (Å²) in [5.74, 6) is -1.04. The van der Waals surface area contributed by atoms with Gasteiger partial charge in [0, 0.05) is 0 Å². The molecule has 70 valence electrons. The topological polar surface area (TPSA) is 107 Å². The second-order valence-electron chi connectivity index (χ2n) is 2.58. The summed E-state index contributed by atoms with van der Waals surface area (Å²) in [6, 6.07) is 0. The van der Waals surface area contributed by atoms with E-state index in [9.17, 15) is 4.79 Å². The van der Waals surface area contributed by atoms with Crippen molar-refractivity contribution >= 4 is 5.97 Å². The van der Waals surface area contributed by atoms with Gasteiger partial charge in [0.1, 0.15) is 12.2 Å². The molecule has 4 N–H and O–H groups in total. The highest BCUT2D eigenvalue weighted by atomic mass is 16.6. The van der Waals surface area contributed by atoms with Gasteiger partial charge in [0.25, 0.3) is 0 Å². The maximum atomic E-state index is 10.7. The Hall–Kier alpha value is -0.690. The molecule has 1 heterocycles. The first-order valence-electron chi connectivity index (χ1n) is 3.43. The van der Waals surface area contributed by atoms with Gasteiger partial charge in [-0.15, -0.1) is 0 Å². The van der Waals surface area contributed by atoms with Crippen molar-refractivity contribution in [3.63, 3.8) is 0 Å². The van der Waals surface area contributed by atoms with Gasteiger partial charge in [-0.2, -0.15) is 0 Å². The Labute approximate surface area is 68.0 Å². The molecule has 0 amide bonds. The molecule has 1 fully saturated rings. The Bertz CT molecular complexity index is 179. The Balaban J connectivity index is 2.70. The summed E-state index contributed by atoms with van der Waals surface area (Å²) in [6.45, 7) is -0.587. The monoisotopic (exact) mass is 178 g/mol.